The summed E-state index contributed by atoms with van der Waals surface area (Å²) >= 11 is 0. The van der Waals surface area contributed by atoms with E-state index in [0.29, 0.717) is 13.0 Å². The smallest absolute Gasteiger partial charge is 0.326 e. The van der Waals surface area contributed by atoms with Crippen LogP contribution in [0.2, 0.25) is 0 Å². The fraction of sp³-hybridized carbons (Fsp3) is 0.467. The first-order valence-electron chi connectivity index (χ1n) is 6.66. The van der Waals surface area contributed by atoms with Gasteiger partial charge in [0.1, 0.15) is 6.04 Å². The molecule has 2 amide bonds. The lowest BCUT2D eigenvalue weighted by Crippen LogP contribution is -2.55. The van der Waals surface area contributed by atoms with E-state index < -0.39 is 17.6 Å². The van der Waals surface area contributed by atoms with E-state index in [0.717, 1.165) is 11.1 Å². The van der Waals surface area contributed by atoms with Gasteiger partial charge in [-0.15, -0.1) is 0 Å². The third kappa shape index (κ3) is 3.10. The number of carboxylic acids is 1. The fourth-order valence-electron chi connectivity index (χ4n) is 2.35. The summed E-state index contributed by atoms with van der Waals surface area (Å²) in [5.41, 5.74) is 1.62. The van der Waals surface area contributed by atoms with E-state index in [1.807, 2.05) is 45.0 Å². The van der Waals surface area contributed by atoms with Crippen LogP contribution in [-0.4, -0.2) is 33.6 Å². The van der Waals surface area contributed by atoms with E-state index in [4.69, 9.17) is 0 Å². The predicted octanol–water partition coefficient (Wildman–Crippen LogP) is 2.01. The van der Waals surface area contributed by atoms with Gasteiger partial charge in [-0.3, -0.25) is 0 Å². The average Bonchev–Trinajstić information content (AvgIpc) is 2.35. The molecule has 1 aliphatic rings. The molecule has 2 N–H and O–H groups in total. The van der Waals surface area contributed by atoms with Gasteiger partial charge in [0, 0.05) is 18.5 Å². The molecule has 0 bridgehead atoms. The maximum absolute atomic E-state index is 12.3. The van der Waals surface area contributed by atoms with Gasteiger partial charge in [0.2, 0.25) is 0 Å². The van der Waals surface area contributed by atoms with Crippen LogP contribution in [0.5, 0.6) is 0 Å². The number of aliphatic carboxylic acids is 1. The van der Waals surface area contributed by atoms with Crippen molar-refractivity contribution in [2.45, 2.75) is 45.3 Å². The zero-order valence-electron chi connectivity index (χ0n) is 12.0. The average molecular weight is 276 g/mol. The number of hydrogen-bond donors (Lipinski definition) is 2. The first kappa shape index (κ1) is 14.4. The van der Waals surface area contributed by atoms with Gasteiger partial charge in [-0.2, -0.15) is 0 Å². The van der Waals surface area contributed by atoms with Crippen molar-refractivity contribution in [3.05, 3.63) is 35.4 Å². The Kier molecular flexibility index (Phi) is 3.70. The minimum absolute atomic E-state index is 0.328. The number of nitrogens with zero attached hydrogens (tertiary/aromatic N) is 1. The minimum atomic E-state index is -0.969. The van der Waals surface area contributed by atoms with Gasteiger partial charge in [-0.05, 0) is 31.9 Å². The summed E-state index contributed by atoms with van der Waals surface area (Å²) in [6.07, 6.45) is 0.350. The number of carbonyl (C=O) groups excluding carboxylic acids is 1. The van der Waals surface area contributed by atoms with E-state index in [2.05, 4.69) is 5.32 Å². The molecule has 5 heteroatoms. The maximum atomic E-state index is 12.3. The minimum Gasteiger partial charge on any atom is -0.480 e. The molecule has 1 aliphatic heterocycles. The number of nitrogens with one attached hydrogen (secondary N) is 1. The van der Waals surface area contributed by atoms with Crippen LogP contribution in [0.15, 0.2) is 24.3 Å². The lowest BCUT2D eigenvalue weighted by molar-refractivity contribution is -0.142. The third-order valence-electron chi connectivity index (χ3n) is 3.28. The van der Waals surface area contributed by atoms with E-state index in [1.54, 1.807) is 0 Å². The molecule has 0 aliphatic carbocycles. The zero-order chi connectivity index (χ0) is 14.9. The highest BCUT2D eigenvalue weighted by molar-refractivity contribution is 5.84. The molecule has 1 heterocycles. The molecular weight excluding hydrogens is 256 g/mol. The van der Waals surface area contributed by atoms with Crippen molar-refractivity contribution in [2.75, 3.05) is 0 Å². The Morgan fingerprint density at radius 2 is 1.85 bits per heavy atom. The number of urea groups is 1. The monoisotopic (exact) mass is 276 g/mol. The van der Waals surface area contributed by atoms with Crippen molar-refractivity contribution in [2.24, 2.45) is 0 Å². The van der Waals surface area contributed by atoms with Crippen LogP contribution in [0.4, 0.5) is 4.79 Å². The number of carboxylic acid groups (broad SMARTS) is 1. The molecule has 0 spiro atoms. The van der Waals surface area contributed by atoms with Gasteiger partial charge in [-0.25, -0.2) is 9.59 Å². The Balaban J connectivity index is 2.27. The molecule has 2 rings (SSSR count). The Morgan fingerprint density at radius 3 is 2.40 bits per heavy atom. The molecule has 5 nitrogen and oxygen atoms in total. The van der Waals surface area contributed by atoms with E-state index in [1.165, 1.54) is 4.90 Å². The molecule has 20 heavy (non-hydrogen) atoms. The van der Waals surface area contributed by atoms with Gasteiger partial charge >= 0.3 is 12.0 Å². The summed E-state index contributed by atoms with van der Waals surface area (Å²) in [6.45, 7) is 5.95. The molecule has 0 saturated carbocycles. The topological polar surface area (TPSA) is 69.6 Å². The van der Waals surface area contributed by atoms with Crippen LogP contribution in [0, 0.1) is 0 Å². The summed E-state index contributed by atoms with van der Waals surface area (Å²) in [7, 11) is 0. The highest BCUT2D eigenvalue weighted by Gasteiger charge is 2.35. The Bertz CT molecular complexity index is 534. The van der Waals surface area contributed by atoms with Gasteiger partial charge in [-0.1, -0.05) is 24.3 Å². The quantitative estimate of drug-likeness (QED) is 0.824. The predicted molar refractivity (Wildman–Crippen MR) is 75.4 cm³/mol. The van der Waals surface area contributed by atoms with Crippen molar-refractivity contribution in [3.63, 3.8) is 0 Å². The van der Waals surface area contributed by atoms with E-state index in [-0.39, 0.29) is 6.03 Å². The molecule has 0 unspecified atom stereocenters. The fourth-order valence-corrected chi connectivity index (χ4v) is 2.35. The van der Waals surface area contributed by atoms with Crippen LogP contribution in [0.25, 0.3) is 0 Å². The van der Waals surface area contributed by atoms with Gasteiger partial charge < -0.3 is 15.3 Å². The largest absolute Gasteiger partial charge is 0.480 e. The number of fused-ring (bicyclic) bond motifs is 1. The number of amides is 2. The molecule has 108 valence electrons. The highest BCUT2D eigenvalue weighted by Crippen LogP contribution is 2.23. The lowest BCUT2D eigenvalue weighted by Gasteiger charge is -2.36. The molecular formula is C15H20N2O3. The molecule has 0 aromatic heterocycles. The summed E-state index contributed by atoms with van der Waals surface area (Å²) in [5.74, 6) is -0.969. The van der Waals surface area contributed by atoms with Crippen LogP contribution in [0.1, 0.15) is 31.9 Å². The molecule has 1 aromatic carbocycles. The van der Waals surface area contributed by atoms with Crippen molar-refractivity contribution in [1.29, 1.82) is 0 Å². The van der Waals surface area contributed by atoms with Crippen LogP contribution in [-0.2, 0) is 17.8 Å². The number of carbonyl (C=O) groups is 2. The maximum Gasteiger partial charge on any atom is 0.326 e. The highest BCUT2D eigenvalue weighted by atomic mass is 16.4. The standard InChI is InChI=1S/C15H20N2O3/c1-15(2,3)16-14(20)17-9-11-7-5-4-6-10(11)8-12(17)13(18)19/h4-7,12H,8-9H2,1-3H3,(H,16,20)(H,18,19)/t12-/m0/s1. The summed E-state index contributed by atoms with van der Waals surface area (Å²) in [5, 5.41) is 12.2. The van der Waals surface area contributed by atoms with E-state index >= 15 is 0 Å². The van der Waals surface area contributed by atoms with Crippen molar-refractivity contribution in [3.8, 4) is 0 Å². The van der Waals surface area contributed by atoms with Crippen molar-refractivity contribution < 1.29 is 14.7 Å². The Hall–Kier alpha value is -2.04. The molecule has 0 saturated heterocycles. The third-order valence-corrected chi connectivity index (χ3v) is 3.28. The van der Waals surface area contributed by atoms with Crippen LogP contribution < -0.4 is 5.32 Å². The van der Waals surface area contributed by atoms with Gasteiger partial charge in [0.05, 0.1) is 0 Å². The van der Waals surface area contributed by atoms with Crippen LogP contribution in [0.3, 0.4) is 0 Å². The SMILES string of the molecule is CC(C)(C)NC(=O)N1Cc2ccccc2C[C@H]1C(=O)O. The molecule has 0 fully saturated rings. The first-order valence-corrected chi connectivity index (χ1v) is 6.66. The van der Waals surface area contributed by atoms with E-state index in [9.17, 15) is 14.7 Å². The second-order valence-electron chi connectivity index (χ2n) is 6.13. The zero-order valence-corrected chi connectivity index (χ0v) is 12.0. The van der Waals surface area contributed by atoms with Crippen LogP contribution >= 0.6 is 0 Å². The normalized spacial score (nSPS) is 18.4. The molecule has 0 radical (unpaired) electrons. The summed E-state index contributed by atoms with van der Waals surface area (Å²) < 4.78 is 0. The Morgan fingerprint density at radius 1 is 1.25 bits per heavy atom. The number of benzene rings is 1. The second kappa shape index (κ2) is 5.15. The summed E-state index contributed by atoms with van der Waals surface area (Å²) in [6, 6.07) is 6.50. The Labute approximate surface area is 118 Å². The van der Waals surface area contributed by atoms with Gasteiger partial charge in [0.25, 0.3) is 0 Å². The number of hydrogen-bond acceptors (Lipinski definition) is 2. The van der Waals surface area contributed by atoms with Gasteiger partial charge in [0.15, 0.2) is 0 Å². The lowest BCUT2D eigenvalue weighted by atomic mass is 9.94. The second-order valence-corrected chi connectivity index (χ2v) is 6.13. The molecule has 1 atom stereocenters. The van der Waals surface area contributed by atoms with Crippen molar-refractivity contribution >= 4 is 12.0 Å². The first-order chi connectivity index (χ1) is 9.28. The molecule has 1 aromatic rings. The van der Waals surface area contributed by atoms with Crippen molar-refractivity contribution in [1.82, 2.24) is 10.2 Å². The summed E-state index contributed by atoms with van der Waals surface area (Å²) in [4.78, 5) is 25.1. The number of rotatable bonds is 1.